The van der Waals surface area contributed by atoms with E-state index in [2.05, 4.69) is 26.6 Å². The highest BCUT2D eigenvalue weighted by Crippen LogP contribution is 2.21. The Labute approximate surface area is 218 Å². The van der Waals surface area contributed by atoms with Gasteiger partial charge in [0.2, 0.25) is 29.5 Å². The van der Waals surface area contributed by atoms with E-state index >= 15 is 0 Å². The van der Waals surface area contributed by atoms with Gasteiger partial charge >= 0.3 is 5.97 Å². The second-order valence-corrected chi connectivity index (χ2v) is 9.71. The first-order valence-corrected chi connectivity index (χ1v) is 12.8. The maximum Gasteiger partial charge on any atom is 0.318 e. The predicted octanol–water partition coefficient (Wildman–Crippen LogP) is -4.27. The van der Waals surface area contributed by atoms with E-state index in [0.29, 0.717) is 19.4 Å². The molecule has 210 valence electrons. The van der Waals surface area contributed by atoms with Crippen LogP contribution in [0.5, 0.6) is 0 Å². The molecule has 1 fully saturated rings. The Morgan fingerprint density at radius 3 is 2.16 bits per heavy atom. The maximum absolute atomic E-state index is 13.1. The van der Waals surface area contributed by atoms with Crippen molar-refractivity contribution in [2.45, 2.75) is 68.1 Å². The molecule has 5 unspecified atom stereocenters. The lowest BCUT2D eigenvalue weighted by Crippen LogP contribution is -2.60. The van der Waals surface area contributed by atoms with Crippen LogP contribution < -0.4 is 38.1 Å². The minimum atomic E-state index is -1.44. The van der Waals surface area contributed by atoms with Crippen LogP contribution >= 0.6 is 11.8 Å². The topological polar surface area (TPSA) is 255 Å². The zero-order valence-corrected chi connectivity index (χ0v) is 21.6. The fraction of sp³-hybridized carbons (Fsp3) is 0.714. The van der Waals surface area contributed by atoms with Gasteiger partial charge in [0.25, 0.3) is 0 Å². The van der Waals surface area contributed by atoms with Gasteiger partial charge in [0.15, 0.2) is 0 Å². The molecule has 0 saturated carbocycles. The number of unbranched alkanes of at least 4 members (excludes halogenated alkanes) is 1. The minimum absolute atomic E-state index is 0.0554. The molecule has 6 atom stereocenters. The summed E-state index contributed by atoms with van der Waals surface area (Å²) in [6, 6.07) is -5.96. The van der Waals surface area contributed by atoms with E-state index in [0.717, 1.165) is 11.8 Å². The maximum atomic E-state index is 13.1. The highest BCUT2D eigenvalue weighted by atomic mass is 32.2. The van der Waals surface area contributed by atoms with Gasteiger partial charge in [-0.3, -0.25) is 28.8 Å². The second-order valence-electron chi connectivity index (χ2n) is 8.54. The lowest BCUT2D eigenvalue weighted by Gasteiger charge is -2.29. The van der Waals surface area contributed by atoms with Crippen molar-refractivity contribution in [3.8, 4) is 0 Å². The van der Waals surface area contributed by atoms with E-state index in [1.54, 1.807) is 0 Å². The number of aliphatic hydroxyl groups excluding tert-OH is 1. The van der Waals surface area contributed by atoms with Crippen molar-refractivity contribution < 1.29 is 39.0 Å². The number of carboxylic acids is 1. The molecule has 0 bridgehead atoms. The SMILES string of the molecule is CNC1CSC(C(=O)O)C(CCCCN)NC(=O)C(CC(N)=O)NC(=O)[C@H](C)NC(=O)C(CO)NC1=O. The Morgan fingerprint density at radius 1 is 1.00 bits per heavy atom. The normalized spacial score (nSPS) is 28.4. The molecular formula is C21H37N7O8S. The molecule has 1 saturated heterocycles. The Hall–Kier alpha value is -2.95. The van der Waals surface area contributed by atoms with E-state index in [-0.39, 0.29) is 12.2 Å². The summed E-state index contributed by atoms with van der Waals surface area (Å²) in [6.45, 7) is 0.877. The number of likely N-dealkylation sites (N-methyl/N-ethyl adjacent to an activating group) is 1. The lowest BCUT2D eigenvalue weighted by molar-refractivity contribution is -0.138. The molecule has 1 heterocycles. The first-order chi connectivity index (χ1) is 17.4. The highest BCUT2D eigenvalue weighted by Gasteiger charge is 2.35. The molecule has 5 amide bonds. The van der Waals surface area contributed by atoms with E-state index in [9.17, 15) is 39.0 Å². The van der Waals surface area contributed by atoms with Crippen molar-refractivity contribution >= 4 is 47.3 Å². The summed E-state index contributed by atoms with van der Waals surface area (Å²) in [4.78, 5) is 74.8. The zero-order chi connectivity index (χ0) is 28.1. The molecule has 0 aromatic heterocycles. The van der Waals surface area contributed by atoms with Crippen LogP contribution in [-0.2, 0) is 28.8 Å². The molecule has 11 N–H and O–H groups in total. The van der Waals surface area contributed by atoms with Gasteiger partial charge in [-0.1, -0.05) is 6.42 Å². The number of hydrogen-bond acceptors (Lipinski definition) is 10. The molecule has 37 heavy (non-hydrogen) atoms. The van der Waals surface area contributed by atoms with Crippen LogP contribution in [0.1, 0.15) is 32.6 Å². The monoisotopic (exact) mass is 547 g/mol. The smallest absolute Gasteiger partial charge is 0.318 e. The number of nitrogens with one attached hydrogen (secondary N) is 5. The third-order valence-corrected chi connectivity index (χ3v) is 7.03. The number of nitrogens with two attached hydrogens (primary N) is 2. The van der Waals surface area contributed by atoms with Gasteiger partial charge in [0.1, 0.15) is 23.4 Å². The van der Waals surface area contributed by atoms with Gasteiger partial charge in [0.05, 0.1) is 25.1 Å². The van der Waals surface area contributed by atoms with Crippen LogP contribution in [0.25, 0.3) is 0 Å². The van der Waals surface area contributed by atoms with E-state index in [1.165, 1.54) is 14.0 Å². The molecule has 1 aliphatic rings. The summed E-state index contributed by atoms with van der Waals surface area (Å²) >= 11 is 0.885. The van der Waals surface area contributed by atoms with Crippen LogP contribution in [0.15, 0.2) is 0 Å². The van der Waals surface area contributed by atoms with Gasteiger partial charge in [-0.25, -0.2) is 0 Å². The number of aliphatic hydroxyl groups is 1. The molecule has 0 aromatic rings. The van der Waals surface area contributed by atoms with Crippen LogP contribution in [0.2, 0.25) is 0 Å². The van der Waals surface area contributed by atoms with Crippen LogP contribution in [0, 0.1) is 0 Å². The molecule has 0 aliphatic carbocycles. The molecule has 0 aromatic carbocycles. The number of carbonyl (C=O) groups is 6. The Morgan fingerprint density at radius 2 is 1.62 bits per heavy atom. The third kappa shape index (κ3) is 10.5. The Balaban J connectivity index is 3.41. The summed E-state index contributed by atoms with van der Waals surface area (Å²) in [5.74, 6) is -5.43. The van der Waals surface area contributed by atoms with Gasteiger partial charge in [-0.15, -0.1) is 11.8 Å². The first-order valence-electron chi connectivity index (χ1n) is 11.8. The number of hydrogen-bond donors (Lipinski definition) is 9. The van der Waals surface area contributed by atoms with E-state index in [4.69, 9.17) is 11.5 Å². The van der Waals surface area contributed by atoms with Gasteiger partial charge < -0.3 is 48.3 Å². The zero-order valence-electron chi connectivity index (χ0n) is 20.8. The van der Waals surface area contributed by atoms with Gasteiger partial charge in [-0.2, -0.15) is 0 Å². The number of amides is 5. The quantitative estimate of drug-likeness (QED) is 0.125. The average Bonchev–Trinajstić information content (AvgIpc) is 2.82. The molecule has 0 radical (unpaired) electrons. The largest absolute Gasteiger partial charge is 0.480 e. The van der Waals surface area contributed by atoms with Crippen LogP contribution in [0.3, 0.4) is 0 Å². The van der Waals surface area contributed by atoms with Crippen molar-refractivity contribution in [1.82, 2.24) is 26.6 Å². The fourth-order valence-electron chi connectivity index (χ4n) is 3.49. The standard InChI is InChI=1S/C21H37N7O8S/c1-10-17(31)27-12(7-15(23)30)18(32)26-11(5-3-4-6-22)16(21(35)36)37-9-14(24-2)20(34)28-13(8-29)19(33)25-10/h10-14,16,24,29H,3-9,22H2,1-2H3,(H2,23,30)(H,25,33)(H,26,32)(H,27,31)(H,28,34)(H,35,36)/t10-,11?,12?,13?,14?,16?/m0/s1. The van der Waals surface area contributed by atoms with Crippen LogP contribution in [-0.4, -0.2) is 107 Å². The molecule has 15 nitrogen and oxygen atoms in total. The highest BCUT2D eigenvalue weighted by molar-refractivity contribution is 8.00. The summed E-state index contributed by atoms with van der Waals surface area (Å²) in [6.07, 6.45) is 0.692. The third-order valence-electron chi connectivity index (χ3n) is 5.62. The van der Waals surface area contributed by atoms with Gasteiger partial charge in [-0.05, 0) is 33.4 Å². The fourth-order valence-corrected chi connectivity index (χ4v) is 4.79. The van der Waals surface area contributed by atoms with E-state index < -0.39 is 84.0 Å². The lowest BCUT2D eigenvalue weighted by atomic mass is 10.0. The summed E-state index contributed by atoms with van der Waals surface area (Å²) in [7, 11) is 1.47. The molecule has 16 heteroatoms. The van der Waals surface area contributed by atoms with Crippen molar-refractivity contribution in [3.63, 3.8) is 0 Å². The number of rotatable bonds is 9. The van der Waals surface area contributed by atoms with E-state index in [1.807, 2.05) is 0 Å². The van der Waals surface area contributed by atoms with Crippen molar-refractivity contribution in [2.24, 2.45) is 11.5 Å². The minimum Gasteiger partial charge on any atom is -0.480 e. The van der Waals surface area contributed by atoms with Crippen molar-refractivity contribution in [2.75, 3.05) is 26.0 Å². The Bertz CT molecular complexity index is 846. The summed E-state index contributed by atoms with van der Waals surface area (Å²) in [5.41, 5.74) is 10.8. The molecule has 1 aliphatic heterocycles. The average molecular weight is 548 g/mol. The number of carbonyl (C=O) groups excluding carboxylic acids is 5. The number of carboxylic acid groups (broad SMARTS) is 1. The van der Waals surface area contributed by atoms with Gasteiger partial charge in [0, 0.05) is 5.75 Å². The molecular weight excluding hydrogens is 510 g/mol. The predicted molar refractivity (Wildman–Crippen MR) is 134 cm³/mol. The number of primary amides is 1. The second kappa shape index (κ2) is 16.0. The number of thioether (sulfide) groups is 1. The van der Waals surface area contributed by atoms with Crippen LogP contribution in [0.4, 0.5) is 0 Å². The Kier molecular flexibility index (Phi) is 13.9. The van der Waals surface area contributed by atoms with Crippen molar-refractivity contribution in [3.05, 3.63) is 0 Å². The first kappa shape index (κ1) is 32.1. The number of aliphatic carboxylic acids is 1. The molecule has 1 rings (SSSR count). The summed E-state index contributed by atoms with van der Waals surface area (Å²) < 4.78 is 0. The summed E-state index contributed by atoms with van der Waals surface area (Å²) in [5, 5.41) is 30.7. The molecule has 0 spiro atoms. The van der Waals surface area contributed by atoms with Crippen molar-refractivity contribution in [1.29, 1.82) is 0 Å².